The Bertz CT molecular complexity index is 267. The number of carbonyl (C=O) groups is 2. The number of hydrogen-bond acceptors (Lipinski definition) is 2. The first-order chi connectivity index (χ1) is 6.70. The third-order valence-electron chi connectivity index (χ3n) is 1.46. The van der Waals surface area contributed by atoms with Crippen LogP contribution in [0.25, 0.3) is 0 Å². The van der Waals surface area contributed by atoms with Crippen molar-refractivity contribution < 1.29 is 14.7 Å². The molecule has 0 atom stereocenters. The molecular formula is C11H14O3. The number of rotatable bonds is 3. The van der Waals surface area contributed by atoms with Gasteiger partial charge in [-0.3, -0.25) is 4.79 Å². The highest BCUT2D eigenvalue weighted by Gasteiger charge is 1.84. The van der Waals surface area contributed by atoms with Gasteiger partial charge in [-0.1, -0.05) is 37.3 Å². The molecule has 3 nitrogen and oxygen atoms in total. The van der Waals surface area contributed by atoms with Crippen molar-refractivity contribution in [2.45, 2.75) is 19.8 Å². The minimum absolute atomic E-state index is 0.222. The summed E-state index contributed by atoms with van der Waals surface area (Å²) in [5.74, 6) is -0.745. The zero-order valence-electron chi connectivity index (χ0n) is 8.14. The van der Waals surface area contributed by atoms with Gasteiger partial charge in [-0.25, -0.2) is 0 Å². The predicted octanol–water partition coefficient (Wildman–Crippen LogP) is 1.91. The van der Waals surface area contributed by atoms with E-state index in [2.05, 4.69) is 0 Å². The van der Waals surface area contributed by atoms with Gasteiger partial charge in [0.25, 0.3) is 0 Å². The second kappa shape index (κ2) is 7.98. The standard InChI is InChI=1S/C8H8O.C3H6O2/c9-7-6-8-4-2-1-3-5-8;1-2-3(4)5/h1-5,7H,6H2;2H2,1H3,(H,4,5). The van der Waals surface area contributed by atoms with Crippen molar-refractivity contribution in [2.75, 3.05) is 0 Å². The summed E-state index contributed by atoms with van der Waals surface area (Å²) in [5, 5.41) is 7.72. The van der Waals surface area contributed by atoms with Crippen molar-refractivity contribution in [1.82, 2.24) is 0 Å². The van der Waals surface area contributed by atoms with Crippen LogP contribution in [0.5, 0.6) is 0 Å². The Morgan fingerprint density at radius 1 is 1.36 bits per heavy atom. The molecule has 0 unspecified atom stereocenters. The molecule has 0 aromatic heterocycles. The second-order valence-corrected chi connectivity index (χ2v) is 2.60. The molecule has 0 radical (unpaired) electrons. The van der Waals surface area contributed by atoms with E-state index < -0.39 is 5.97 Å². The van der Waals surface area contributed by atoms with Crippen LogP contribution in [0.3, 0.4) is 0 Å². The Morgan fingerprint density at radius 2 is 1.86 bits per heavy atom. The van der Waals surface area contributed by atoms with Gasteiger partial charge < -0.3 is 9.90 Å². The van der Waals surface area contributed by atoms with E-state index in [1.54, 1.807) is 6.92 Å². The van der Waals surface area contributed by atoms with Crippen LogP contribution >= 0.6 is 0 Å². The molecule has 1 N–H and O–H groups in total. The van der Waals surface area contributed by atoms with E-state index in [0.717, 1.165) is 11.8 Å². The predicted molar refractivity (Wildman–Crippen MR) is 54.1 cm³/mol. The maximum atomic E-state index is 9.97. The largest absolute Gasteiger partial charge is 0.481 e. The normalized spacial score (nSPS) is 8.36. The lowest BCUT2D eigenvalue weighted by atomic mass is 10.2. The summed E-state index contributed by atoms with van der Waals surface area (Å²) in [5.41, 5.74) is 1.08. The molecule has 14 heavy (non-hydrogen) atoms. The molecule has 1 aromatic rings. The monoisotopic (exact) mass is 194 g/mol. The average Bonchev–Trinajstić information content (AvgIpc) is 2.21. The zero-order valence-corrected chi connectivity index (χ0v) is 8.14. The average molecular weight is 194 g/mol. The van der Waals surface area contributed by atoms with Gasteiger partial charge in [0.15, 0.2) is 0 Å². The van der Waals surface area contributed by atoms with Gasteiger partial charge in [0, 0.05) is 12.8 Å². The lowest BCUT2D eigenvalue weighted by molar-refractivity contribution is -0.136. The summed E-state index contributed by atoms with van der Waals surface area (Å²) in [7, 11) is 0. The molecule has 0 fully saturated rings. The molecule has 0 heterocycles. The van der Waals surface area contributed by atoms with Crippen molar-refractivity contribution >= 4 is 12.3 Å². The SMILES string of the molecule is CCC(=O)O.O=CCc1ccccc1. The maximum absolute atomic E-state index is 9.97. The fourth-order valence-corrected chi connectivity index (χ4v) is 0.710. The van der Waals surface area contributed by atoms with Crippen molar-refractivity contribution in [3.63, 3.8) is 0 Å². The molecule has 0 aliphatic heterocycles. The number of carbonyl (C=O) groups excluding carboxylic acids is 1. The van der Waals surface area contributed by atoms with E-state index in [1.807, 2.05) is 30.3 Å². The van der Waals surface area contributed by atoms with Crippen LogP contribution in [0, 0.1) is 0 Å². The van der Waals surface area contributed by atoms with Crippen molar-refractivity contribution in [2.24, 2.45) is 0 Å². The Kier molecular flexibility index (Phi) is 7.05. The summed E-state index contributed by atoms with van der Waals surface area (Å²) in [4.78, 5) is 19.3. The molecule has 1 rings (SSSR count). The maximum Gasteiger partial charge on any atom is 0.303 e. The first-order valence-corrected chi connectivity index (χ1v) is 4.40. The number of carboxylic acid groups (broad SMARTS) is 1. The van der Waals surface area contributed by atoms with Crippen molar-refractivity contribution in [1.29, 1.82) is 0 Å². The van der Waals surface area contributed by atoms with Crippen LogP contribution in [0.1, 0.15) is 18.9 Å². The molecule has 3 heteroatoms. The molecule has 0 spiro atoms. The van der Waals surface area contributed by atoms with Crippen LogP contribution in [0.15, 0.2) is 30.3 Å². The topological polar surface area (TPSA) is 54.4 Å². The Labute approximate surface area is 83.4 Å². The molecular weight excluding hydrogens is 180 g/mol. The Hall–Kier alpha value is -1.64. The lowest BCUT2D eigenvalue weighted by Crippen LogP contribution is -1.86. The molecule has 0 saturated carbocycles. The number of benzene rings is 1. The van der Waals surface area contributed by atoms with Gasteiger partial charge in [-0.2, -0.15) is 0 Å². The Balaban J connectivity index is 0.000000292. The van der Waals surface area contributed by atoms with Gasteiger partial charge in [-0.05, 0) is 5.56 Å². The van der Waals surface area contributed by atoms with E-state index in [0.29, 0.717) is 6.42 Å². The summed E-state index contributed by atoms with van der Waals surface area (Å²) in [6.07, 6.45) is 1.66. The molecule has 0 bridgehead atoms. The fourth-order valence-electron chi connectivity index (χ4n) is 0.710. The number of carboxylic acids is 1. The van der Waals surface area contributed by atoms with Gasteiger partial charge in [0.2, 0.25) is 0 Å². The molecule has 0 aliphatic carbocycles. The first-order valence-electron chi connectivity index (χ1n) is 4.40. The molecule has 76 valence electrons. The van der Waals surface area contributed by atoms with E-state index in [9.17, 15) is 9.59 Å². The molecule has 0 aliphatic rings. The van der Waals surface area contributed by atoms with E-state index in [4.69, 9.17) is 5.11 Å². The molecule has 1 aromatic carbocycles. The van der Waals surface area contributed by atoms with Crippen LogP contribution in [0.2, 0.25) is 0 Å². The van der Waals surface area contributed by atoms with E-state index >= 15 is 0 Å². The summed E-state index contributed by atoms with van der Waals surface area (Å²) in [6.45, 7) is 1.60. The lowest BCUT2D eigenvalue weighted by Gasteiger charge is -1.89. The highest BCUT2D eigenvalue weighted by atomic mass is 16.4. The van der Waals surface area contributed by atoms with Gasteiger partial charge in [-0.15, -0.1) is 0 Å². The van der Waals surface area contributed by atoms with Gasteiger partial charge in [0.1, 0.15) is 6.29 Å². The third-order valence-corrected chi connectivity index (χ3v) is 1.46. The fraction of sp³-hybridized carbons (Fsp3) is 0.273. The van der Waals surface area contributed by atoms with Crippen LogP contribution in [-0.2, 0) is 16.0 Å². The highest BCUT2D eigenvalue weighted by Crippen LogP contribution is 1.96. The number of aldehydes is 1. The molecule has 0 amide bonds. The summed E-state index contributed by atoms with van der Waals surface area (Å²) < 4.78 is 0. The Morgan fingerprint density at radius 3 is 2.21 bits per heavy atom. The van der Waals surface area contributed by atoms with Crippen LogP contribution < -0.4 is 0 Å². The number of aliphatic carboxylic acids is 1. The minimum atomic E-state index is -0.745. The number of hydrogen-bond donors (Lipinski definition) is 1. The smallest absolute Gasteiger partial charge is 0.303 e. The van der Waals surface area contributed by atoms with E-state index in [-0.39, 0.29) is 6.42 Å². The highest BCUT2D eigenvalue weighted by molar-refractivity contribution is 5.66. The summed E-state index contributed by atoms with van der Waals surface area (Å²) in [6, 6.07) is 9.68. The van der Waals surface area contributed by atoms with E-state index in [1.165, 1.54) is 0 Å². The van der Waals surface area contributed by atoms with Crippen LogP contribution in [-0.4, -0.2) is 17.4 Å². The first kappa shape index (κ1) is 12.4. The third kappa shape index (κ3) is 7.03. The minimum Gasteiger partial charge on any atom is -0.481 e. The zero-order chi connectivity index (χ0) is 10.8. The van der Waals surface area contributed by atoms with Gasteiger partial charge in [0.05, 0.1) is 0 Å². The van der Waals surface area contributed by atoms with Crippen molar-refractivity contribution in [3.05, 3.63) is 35.9 Å². The van der Waals surface area contributed by atoms with Crippen LogP contribution in [0.4, 0.5) is 0 Å². The summed E-state index contributed by atoms with van der Waals surface area (Å²) >= 11 is 0. The molecule has 0 saturated heterocycles. The van der Waals surface area contributed by atoms with Gasteiger partial charge >= 0.3 is 5.97 Å². The van der Waals surface area contributed by atoms with Crippen molar-refractivity contribution in [3.8, 4) is 0 Å². The quantitative estimate of drug-likeness (QED) is 0.748. The second-order valence-electron chi connectivity index (χ2n) is 2.60.